The Morgan fingerprint density at radius 1 is 0.523 bits per heavy atom. The van der Waals surface area contributed by atoms with Gasteiger partial charge in [-0.3, -0.25) is 4.98 Å². The Balaban J connectivity index is 1.36. The monoisotopic (exact) mass is 565 g/mol. The molecule has 0 aliphatic heterocycles. The SMILES string of the molecule is c1ccc(-c2nc(-c3ccccn3)nc(-c3cccc4oc5c(ccc6c7ccccc7n(-c7ccccc7)c65)c34)n2)cc1. The average molecular weight is 566 g/mol. The van der Waals surface area contributed by atoms with Gasteiger partial charge in [-0.2, -0.15) is 0 Å². The van der Waals surface area contributed by atoms with Crippen molar-refractivity contribution in [3.8, 4) is 40.0 Å². The maximum atomic E-state index is 6.74. The van der Waals surface area contributed by atoms with Gasteiger partial charge in [0.25, 0.3) is 0 Å². The summed E-state index contributed by atoms with van der Waals surface area (Å²) in [6, 6.07) is 45.1. The molecule has 9 rings (SSSR count). The van der Waals surface area contributed by atoms with Gasteiger partial charge in [0.1, 0.15) is 11.3 Å². The lowest BCUT2D eigenvalue weighted by Gasteiger charge is -2.09. The Hall–Kier alpha value is -6.14. The van der Waals surface area contributed by atoms with E-state index in [0.717, 1.165) is 55.2 Å². The number of pyridine rings is 1. The molecule has 0 unspecified atom stereocenters. The van der Waals surface area contributed by atoms with Crippen LogP contribution in [0.25, 0.3) is 83.7 Å². The maximum absolute atomic E-state index is 6.74. The highest BCUT2D eigenvalue weighted by molar-refractivity contribution is 6.23. The number of aromatic nitrogens is 5. The van der Waals surface area contributed by atoms with Crippen molar-refractivity contribution in [2.75, 3.05) is 0 Å². The largest absolute Gasteiger partial charge is 0.454 e. The molecule has 206 valence electrons. The van der Waals surface area contributed by atoms with Crippen molar-refractivity contribution in [3.63, 3.8) is 0 Å². The minimum absolute atomic E-state index is 0.519. The van der Waals surface area contributed by atoms with Gasteiger partial charge in [-0.15, -0.1) is 0 Å². The Morgan fingerprint density at radius 3 is 2.09 bits per heavy atom. The second-order valence-electron chi connectivity index (χ2n) is 10.7. The van der Waals surface area contributed by atoms with Crippen LogP contribution in [-0.4, -0.2) is 24.5 Å². The lowest BCUT2D eigenvalue weighted by molar-refractivity contribution is 0.671. The highest BCUT2D eigenvalue weighted by atomic mass is 16.3. The zero-order valence-electron chi connectivity index (χ0n) is 23.4. The standard InChI is InChI=1S/C38H23N5O/c1-3-12-24(13-4-1)36-40-37(42-38(41-36)30-18-9-10-23-39-30)29-17-11-20-32-33(29)28-22-21-27-26-16-7-8-19-31(26)43(34(27)35(28)44-32)25-14-5-2-6-15-25/h1-23H. The van der Waals surface area contributed by atoms with Crippen LogP contribution in [0.3, 0.4) is 0 Å². The molecule has 0 saturated heterocycles. The molecule has 4 aromatic heterocycles. The van der Waals surface area contributed by atoms with Gasteiger partial charge >= 0.3 is 0 Å². The fourth-order valence-electron chi connectivity index (χ4n) is 6.19. The van der Waals surface area contributed by atoms with E-state index in [1.54, 1.807) is 6.20 Å². The van der Waals surface area contributed by atoms with E-state index < -0.39 is 0 Å². The van der Waals surface area contributed by atoms with Gasteiger partial charge in [-0.1, -0.05) is 91.0 Å². The molecule has 44 heavy (non-hydrogen) atoms. The molecule has 0 aliphatic carbocycles. The molecule has 0 amide bonds. The summed E-state index contributed by atoms with van der Waals surface area (Å²) < 4.78 is 9.04. The molecule has 0 aliphatic rings. The van der Waals surface area contributed by atoms with E-state index in [0.29, 0.717) is 23.2 Å². The van der Waals surface area contributed by atoms with Gasteiger partial charge in [-0.25, -0.2) is 15.0 Å². The molecular weight excluding hydrogens is 542 g/mol. The van der Waals surface area contributed by atoms with E-state index in [-0.39, 0.29) is 0 Å². The van der Waals surface area contributed by atoms with E-state index in [2.05, 4.69) is 76.3 Å². The molecule has 0 spiro atoms. The van der Waals surface area contributed by atoms with E-state index in [4.69, 9.17) is 19.4 Å². The predicted molar refractivity (Wildman–Crippen MR) is 176 cm³/mol. The quantitative estimate of drug-likeness (QED) is 0.213. The Labute approximate surface area is 251 Å². The van der Waals surface area contributed by atoms with E-state index in [9.17, 15) is 0 Å². The summed E-state index contributed by atoms with van der Waals surface area (Å²) in [5.74, 6) is 1.68. The molecule has 0 N–H and O–H groups in total. The molecule has 4 heterocycles. The molecule has 0 radical (unpaired) electrons. The van der Waals surface area contributed by atoms with Crippen LogP contribution in [-0.2, 0) is 0 Å². The van der Waals surface area contributed by atoms with Crippen LogP contribution >= 0.6 is 0 Å². The number of furan rings is 1. The first kappa shape index (κ1) is 24.5. The molecule has 0 saturated carbocycles. The summed E-state index contributed by atoms with van der Waals surface area (Å²) in [4.78, 5) is 19.3. The molecule has 9 aromatic rings. The molecule has 0 bridgehead atoms. The second kappa shape index (κ2) is 9.71. The van der Waals surface area contributed by atoms with Crippen LogP contribution in [0.15, 0.2) is 144 Å². The fraction of sp³-hybridized carbons (Fsp3) is 0. The minimum atomic E-state index is 0.519. The topological polar surface area (TPSA) is 69.6 Å². The van der Waals surface area contributed by atoms with Crippen molar-refractivity contribution in [3.05, 3.63) is 140 Å². The number of hydrogen-bond acceptors (Lipinski definition) is 5. The first-order valence-corrected chi connectivity index (χ1v) is 14.5. The van der Waals surface area contributed by atoms with Crippen LogP contribution in [0.2, 0.25) is 0 Å². The van der Waals surface area contributed by atoms with E-state index in [1.165, 1.54) is 5.39 Å². The summed E-state index contributed by atoms with van der Waals surface area (Å²) in [5, 5.41) is 4.29. The minimum Gasteiger partial charge on any atom is -0.454 e. The van der Waals surface area contributed by atoms with Gasteiger partial charge in [0.05, 0.1) is 11.0 Å². The van der Waals surface area contributed by atoms with Crippen molar-refractivity contribution in [1.29, 1.82) is 0 Å². The van der Waals surface area contributed by atoms with Crippen LogP contribution in [0.5, 0.6) is 0 Å². The number of para-hydroxylation sites is 2. The maximum Gasteiger partial charge on any atom is 0.182 e. The van der Waals surface area contributed by atoms with E-state index >= 15 is 0 Å². The number of hydrogen-bond donors (Lipinski definition) is 0. The number of fused-ring (bicyclic) bond motifs is 7. The summed E-state index contributed by atoms with van der Waals surface area (Å²) in [6.45, 7) is 0. The van der Waals surface area contributed by atoms with Crippen molar-refractivity contribution in [2.45, 2.75) is 0 Å². The molecule has 0 fully saturated rings. The van der Waals surface area contributed by atoms with Crippen molar-refractivity contribution < 1.29 is 4.42 Å². The van der Waals surface area contributed by atoms with Crippen LogP contribution in [0, 0.1) is 0 Å². The third kappa shape index (κ3) is 3.75. The smallest absolute Gasteiger partial charge is 0.182 e. The van der Waals surface area contributed by atoms with Gasteiger partial charge in [-0.05, 0) is 42.5 Å². The number of rotatable bonds is 4. The molecule has 6 heteroatoms. The second-order valence-corrected chi connectivity index (χ2v) is 10.7. The normalized spacial score (nSPS) is 11.6. The van der Waals surface area contributed by atoms with Crippen LogP contribution in [0.4, 0.5) is 0 Å². The van der Waals surface area contributed by atoms with Crippen molar-refractivity contribution in [2.24, 2.45) is 0 Å². The van der Waals surface area contributed by atoms with Gasteiger partial charge in [0.15, 0.2) is 23.1 Å². The number of benzene rings is 5. The highest BCUT2D eigenvalue weighted by Crippen LogP contribution is 2.42. The average Bonchev–Trinajstić information content (AvgIpc) is 3.65. The summed E-state index contributed by atoms with van der Waals surface area (Å²) in [6.07, 6.45) is 1.75. The first-order valence-electron chi connectivity index (χ1n) is 14.5. The summed E-state index contributed by atoms with van der Waals surface area (Å²) in [5.41, 5.74) is 7.32. The lowest BCUT2D eigenvalue weighted by Crippen LogP contribution is -2.01. The van der Waals surface area contributed by atoms with E-state index in [1.807, 2.05) is 66.7 Å². The van der Waals surface area contributed by atoms with Crippen molar-refractivity contribution >= 4 is 43.7 Å². The van der Waals surface area contributed by atoms with Crippen LogP contribution < -0.4 is 0 Å². The van der Waals surface area contributed by atoms with Crippen molar-refractivity contribution in [1.82, 2.24) is 24.5 Å². The van der Waals surface area contributed by atoms with Crippen LogP contribution in [0.1, 0.15) is 0 Å². The zero-order chi connectivity index (χ0) is 29.0. The molecule has 5 aromatic carbocycles. The zero-order valence-corrected chi connectivity index (χ0v) is 23.4. The Kier molecular flexibility index (Phi) is 5.40. The Bertz CT molecular complexity index is 2430. The summed E-state index contributed by atoms with van der Waals surface area (Å²) in [7, 11) is 0. The fourth-order valence-corrected chi connectivity index (χ4v) is 6.19. The Morgan fingerprint density at radius 2 is 1.25 bits per heavy atom. The predicted octanol–water partition coefficient (Wildman–Crippen LogP) is 9.26. The molecule has 0 atom stereocenters. The number of nitrogens with zero attached hydrogens (tertiary/aromatic N) is 5. The molecular formula is C38H23N5O. The lowest BCUT2D eigenvalue weighted by atomic mass is 10.0. The highest BCUT2D eigenvalue weighted by Gasteiger charge is 2.22. The third-order valence-corrected chi connectivity index (χ3v) is 8.11. The van der Waals surface area contributed by atoms with Gasteiger partial charge in [0.2, 0.25) is 0 Å². The van der Waals surface area contributed by atoms with Gasteiger partial charge in [0, 0.05) is 44.6 Å². The first-order chi connectivity index (χ1) is 21.8. The summed E-state index contributed by atoms with van der Waals surface area (Å²) >= 11 is 0. The van der Waals surface area contributed by atoms with Gasteiger partial charge < -0.3 is 8.98 Å². The molecule has 6 nitrogen and oxygen atoms in total. The third-order valence-electron chi connectivity index (χ3n) is 8.11.